The van der Waals surface area contributed by atoms with Crippen molar-refractivity contribution in [3.05, 3.63) is 64.5 Å². The average Bonchev–Trinajstić information content (AvgIpc) is 2.78. The lowest BCUT2D eigenvalue weighted by Gasteiger charge is -2.30. The minimum Gasteiger partial charge on any atom is -0.497 e. The first kappa shape index (κ1) is 19.4. The minimum atomic E-state index is -0.457. The molecule has 0 aliphatic carbocycles. The van der Waals surface area contributed by atoms with Crippen molar-refractivity contribution < 1.29 is 14.4 Å². The minimum absolute atomic E-state index is 0.0830. The van der Waals surface area contributed by atoms with Gasteiger partial charge in [-0.25, -0.2) is 9.97 Å². The number of ether oxygens (including phenoxy) is 2. The number of aromatic nitrogens is 2. The lowest BCUT2D eigenvalue weighted by molar-refractivity contribution is -0.383. The number of rotatable bonds is 6. The van der Waals surface area contributed by atoms with Crippen LogP contribution in [0, 0.1) is 10.1 Å². The smallest absolute Gasteiger partial charge is 0.354 e. The monoisotopic (exact) mass is 407 g/mol. The van der Waals surface area contributed by atoms with Crippen molar-refractivity contribution in [1.29, 1.82) is 0 Å². The lowest BCUT2D eigenvalue weighted by Crippen LogP contribution is -2.26. The summed E-state index contributed by atoms with van der Waals surface area (Å²) < 4.78 is 10.6. The van der Waals surface area contributed by atoms with E-state index in [4.69, 9.17) is 9.47 Å². The van der Waals surface area contributed by atoms with Crippen LogP contribution < -0.4 is 19.7 Å². The van der Waals surface area contributed by atoms with E-state index in [-0.39, 0.29) is 17.3 Å². The first-order valence-electron chi connectivity index (χ1n) is 9.46. The van der Waals surface area contributed by atoms with Crippen molar-refractivity contribution in [3.8, 4) is 11.5 Å². The Bertz CT molecular complexity index is 1090. The Kier molecular flexibility index (Phi) is 5.34. The van der Waals surface area contributed by atoms with Crippen molar-refractivity contribution in [2.24, 2.45) is 0 Å². The highest BCUT2D eigenvalue weighted by atomic mass is 16.6. The van der Waals surface area contributed by atoms with Gasteiger partial charge in [0.2, 0.25) is 11.6 Å². The summed E-state index contributed by atoms with van der Waals surface area (Å²) in [6.45, 7) is 0.636. The van der Waals surface area contributed by atoms with Crippen molar-refractivity contribution >= 4 is 28.7 Å². The Balaban J connectivity index is 1.80. The summed E-state index contributed by atoms with van der Waals surface area (Å²) in [7, 11) is 3.07. The molecular formula is C21H21N5O4. The molecule has 0 saturated heterocycles. The zero-order valence-corrected chi connectivity index (χ0v) is 16.7. The quantitative estimate of drug-likeness (QED) is 0.478. The molecule has 0 saturated carbocycles. The number of aryl methyl sites for hydroxylation is 1. The van der Waals surface area contributed by atoms with Gasteiger partial charge in [0.25, 0.3) is 0 Å². The summed E-state index contributed by atoms with van der Waals surface area (Å²) in [6.07, 6.45) is 3.14. The van der Waals surface area contributed by atoms with Crippen molar-refractivity contribution in [2.75, 3.05) is 31.0 Å². The number of nitrogens with one attached hydrogen (secondary N) is 1. The lowest BCUT2D eigenvalue weighted by atomic mass is 10.0. The van der Waals surface area contributed by atoms with E-state index in [0.29, 0.717) is 23.7 Å². The molecule has 0 atom stereocenters. The van der Waals surface area contributed by atoms with Crippen LogP contribution in [-0.2, 0) is 6.42 Å². The summed E-state index contributed by atoms with van der Waals surface area (Å²) in [5.74, 6) is 1.43. The molecule has 2 aromatic carbocycles. The molecule has 3 aromatic rings. The Morgan fingerprint density at radius 1 is 1.13 bits per heavy atom. The number of hydrogen-bond donors (Lipinski definition) is 1. The van der Waals surface area contributed by atoms with Crippen LogP contribution in [0.1, 0.15) is 12.0 Å². The van der Waals surface area contributed by atoms with Crippen LogP contribution in [0.5, 0.6) is 11.5 Å². The van der Waals surface area contributed by atoms with E-state index in [0.717, 1.165) is 24.1 Å². The average molecular weight is 407 g/mol. The number of para-hydroxylation sites is 1. The summed E-state index contributed by atoms with van der Waals surface area (Å²) in [5.41, 5.74) is 2.37. The molecule has 2 heterocycles. The molecule has 1 N–H and O–H groups in total. The fourth-order valence-corrected chi connectivity index (χ4v) is 3.62. The molecule has 0 unspecified atom stereocenters. The zero-order chi connectivity index (χ0) is 21.1. The highest BCUT2D eigenvalue weighted by Gasteiger charge is 2.30. The van der Waals surface area contributed by atoms with Crippen molar-refractivity contribution in [2.45, 2.75) is 12.8 Å². The molecule has 9 nitrogen and oxygen atoms in total. The second kappa shape index (κ2) is 8.24. The van der Waals surface area contributed by atoms with Gasteiger partial charge in [0.05, 0.1) is 24.8 Å². The van der Waals surface area contributed by atoms with Crippen LogP contribution in [0.3, 0.4) is 0 Å². The number of anilines is 4. The molecule has 1 aliphatic heterocycles. The predicted molar refractivity (Wildman–Crippen MR) is 113 cm³/mol. The molecule has 154 valence electrons. The summed E-state index contributed by atoms with van der Waals surface area (Å²) in [6, 6.07) is 13.0. The third-order valence-corrected chi connectivity index (χ3v) is 5.01. The van der Waals surface area contributed by atoms with Crippen LogP contribution in [0.25, 0.3) is 0 Å². The van der Waals surface area contributed by atoms with E-state index in [9.17, 15) is 10.1 Å². The maximum Gasteiger partial charge on any atom is 0.354 e. The second-order valence-electron chi connectivity index (χ2n) is 6.73. The van der Waals surface area contributed by atoms with E-state index >= 15 is 0 Å². The number of hydrogen-bond acceptors (Lipinski definition) is 8. The summed E-state index contributed by atoms with van der Waals surface area (Å²) in [5, 5.41) is 15.1. The van der Waals surface area contributed by atoms with Gasteiger partial charge < -0.3 is 19.7 Å². The summed E-state index contributed by atoms with van der Waals surface area (Å²) >= 11 is 0. The molecule has 0 radical (unpaired) electrons. The molecule has 30 heavy (non-hydrogen) atoms. The first-order valence-corrected chi connectivity index (χ1v) is 9.46. The van der Waals surface area contributed by atoms with Crippen molar-refractivity contribution in [1.82, 2.24) is 9.97 Å². The Morgan fingerprint density at radius 2 is 1.97 bits per heavy atom. The molecule has 0 amide bonds. The Labute approximate surface area is 173 Å². The van der Waals surface area contributed by atoms with Gasteiger partial charge in [-0.05, 0) is 36.6 Å². The van der Waals surface area contributed by atoms with Crippen LogP contribution in [0.15, 0.2) is 48.8 Å². The SMILES string of the molecule is COc1ccc(OC)c(Nc2ncnc(N3CCCc4ccccc43)c2[N+](=O)[O-])c1. The third kappa shape index (κ3) is 3.57. The van der Waals surface area contributed by atoms with Gasteiger partial charge in [0.1, 0.15) is 17.8 Å². The number of nitrogens with zero attached hydrogens (tertiary/aromatic N) is 4. The van der Waals surface area contributed by atoms with E-state index in [2.05, 4.69) is 15.3 Å². The Morgan fingerprint density at radius 3 is 2.73 bits per heavy atom. The maximum absolute atomic E-state index is 12.1. The van der Waals surface area contributed by atoms with Gasteiger partial charge in [0.15, 0.2) is 0 Å². The molecular weight excluding hydrogens is 386 g/mol. The van der Waals surface area contributed by atoms with Gasteiger partial charge in [-0.3, -0.25) is 10.1 Å². The maximum atomic E-state index is 12.1. The van der Waals surface area contributed by atoms with E-state index in [1.807, 2.05) is 29.2 Å². The van der Waals surface area contributed by atoms with Gasteiger partial charge in [-0.2, -0.15) is 0 Å². The topological polar surface area (TPSA) is 103 Å². The van der Waals surface area contributed by atoms with Crippen LogP contribution >= 0.6 is 0 Å². The highest BCUT2D eigenvalue weighted by molar-refractivity contribution is 5.80. The zero-order valence-electron chi connectivity index (χ0n) is 16.7. The fraction of sp³-hybridized carbons (Fsp3) is 0.238. The van der Waals surface area contributed by atoms with Gasteiger partial charge in [0, 0.05) is 18.3 Å². The van der Waals surface area contributed by atoms with Gasteiger partial charge in [-0.1, -0.05) is 18.2 Å². The molecule has 0 fully saturated rings. The fourth-order valence-electron chi connectivity index (χ4n) is 3.62. The third-order valence-electron chi connectivity index (χ3n) is 5.01. The van der Waals surface area contributed by atoms with Crippen LogP contribution in [-0.4, -0.2) is 35.7 Å². The number of nitro groups is 1. The molecule has 1 aromatic heterocycles. The van der Waals surface area contributed by atoms with Crippen LogP contribution in [0.2, 0.25) is 0 Å². The molecule has 0 bridgehead atoms. The van der Waals surface area contributed by atoms with Crippen LogP contribution in [0.4, 0.5) is 28.7 Å². The normalized spacial score (nSPS) is 12.8. The number of benzene rings is 2. The number of methoxy groups -OCH3 is 2. The molecule has 0 spiro atoms. The standard InChI is InChI=1S/C21H21N5O4/c1-29-15-9-10-18(30-2)16(12-15)24-20-19(26(27)28)21(23-13-22-20)25-11-5-7-14-6-3-4-8-17(14)25/h3-4,6,8-10,12-13H,5,7,11H2,1-2H3,(H,22,23,24). The predicted octanol–water partition coefficient (Wildman–Crippen LogP) is 4.23. The molecule has 4 rings (SSSR count). The van der Waals surface area contributed by atoms with E-state index < -0.39 is 4.92 Å². The van der Waals surface area contributed by atoms with E-state index in [1.54, 1.807) is 25.3 Å². The second-order valence-corrected chi connectivity index (χ2v) is 6.73. The molecule has 9 heteroatoms. The number of fused-ring (bicyclic) bond motifs is 1. The van der Waals surface area contributed by atoms with Crippen molar-refractivity contribution in [3.63, 3.8) is 0 Å². The van der Waals surface area contributed by atoms with Gasteiger partial charge in [-0.15, -0.1) is 0 Å². The highest BCUT2D eigenvalue weighted by Crippen LogP contribution is 2.41. The largest absolute Gasteiger partial charge is 0.497 e. The molecule has 1 aliphatic rings. The first-order chi connectivity index (χ1) is 14.6. The summed E-state index contributed by atoms with van der Waals surface area (Å²) in [4.78, 5) is 21.9. The van der Waals surface area contributed by atoms with E-state index in [1.165, 1.54) is 13.4 Å². The Hall–Kier alpha value is -3.88. The van der Waals surface area contributed by atoms with Gasteiger partial charge >= 0.3 is 5.69 Å².